The number of hydrogen-bond donors (Lipinski definition) is 3. The molecule has 1 aromatic heterocycles. The molecule has 4 rings (SSSR count). The number of phenolic OH excluding ortho intramolecular Hbond substituents is 1. The highest BCUT2D eigenvalue weighted by Gasteiger charge is 2.36. The van der Waals surface area contributed by atoms with Crippen LogP contribution >= 0.6 is 0 Å². The number of hydrogen-bond acceptors (Lipinski definition) is 10. The monoisotopic (exact) mass is 583 g/mol. The number of benzene rings is 1. The van der Waals surface area contributed by atoms with Gasteiger partial charge in [-0.3, -0.25) is 19.3 Å². The Bertz CT molecular complexity index is 1280. The summed E-state index contributed by atoms with van der Waals surface area (Å²) >= 11 is 0. The second-order valence-electron chi connectivity index (χ2n) is 12.2. The molecule has 1 aliphatic carbocycles. The maximum atomic E-state index is 13.6. The van der Waals surface area contributed by atoms with Crippen molar-refractivity contribution in [2.75, 3.05) is 65.4 Å². The summed E-state index contributed by atoms with van der Waals surface area (Å²) in [5.74, 6) is -0.872. The average molecular weight is 584 g/mol. The van der Waals surface area contributed by atoms with E-state index in [1.54, 1.807) is 0 Å². The molecule has 10 nitrogen and oxygen atoms in total. The SMILES string of the molecule is CC(=O)CC(=O)C(CO)C(CCO)CC1CC(=O)c2c(O)c(-c3ccc(CN4CCN(C)CC4)o3)cc(N(C)C)c2C1. The molecule has 42 heavy (non-hydrogen) atoms. The average Bonchev–Trinajstić information content (AvgIpc) is 3.38. The first kappa shape index (κ1) is 31.9. The van der Waals surface area contributed by atoms with E-state index in [1.807, 2.05) is 37.2 Å². The molecule has 2 aliphatic rings. The number of fused-ring (bicyclic) bond motifs is 1. The van der Waals surface area contributed by atoms with Gasteiger partial charge in [-0.1, -0.05) is 0 Å². The molecule has 230 valence electrons. The van der Waals surface area contributed by atoms with Crippen molar-refractivity contribution in [3.8, 4) is 17.1 Å². The topological polar surface area (TPSA) is 135 Å². The van der Waals surface area contributed by atoms with Crippen LogP contribution in [-0.2, 0) is 22.6 Å². The second kappa shape index (κ2) is 13.9. The number of Topliss-reactive ketones (excluding diaryl/α,β-unsaturated/α-hetero) is 3. The summed E-state index contributed by atoms with van der Waals surface area (Å²) in [5.41, 5.74) is 2.32. The van der Waals surface area contributed by atoms with Crippen LogP contribution in [0.5, 0.6) is 5.75 Å². The Kier molecular flexibility index (Phi) is 10.6. The summed E-state index contributed by atoms with van der Waals surface area (Å²) in [6, 6.07) is 5.63. The van der Waals surface area contributed by atoms with Gasteiger partial charge in [0.25, 0.3) is 0 Å². The Hall–Kier alpha value is -3.05. The third kappa shape index (κ3) is 7.29. The lowest BCUT2D eigenvalue weighted by molar-refractivity contribution is -0.131. The third-order valence-corrected chi connectivity index (χ3v) is 8.75. The van der Waals surface area contributed by atoms with Crippen molar-refractivity contribution in [3.63, 3.8) is 0 Å². The molecule has 0 spiro atoms. The molecule has 2 heterocycles. The molecule has 1 aliphatic heterocycles. The zero-order valence-electron chi connectivity index (χ0n) is 25.3. The number of aromatic hydroxyl groups is 1. The highest BCUT2D eigenvalue weighted by atomic mass is 16.3. The number of nitrogens with zero attached hydrogens (tertiary/aromatic N) is 3. The van der Waals surface area contributed by atoms with E-state index in [2.05, 4.69) is 16.8 Å². The van der Waals surface area contributed by atoms with Gasteiger partial charge >= 0.3 is 0 Å². The Morgan fingerprint density at radius 1 is 1.12 bits per heavy atom. The van der Waals surface area contributed by atoms with Crippen LogP contribution in [0.15, 0.2) is 22.6 Å². The quantitative estimate of drug-likeness (QED) is 0.302. The summed E-state index contributed by atoms with van der Waals surface area (Å²) in [5, 5.41) is 31.1. The molecule has 3 atom stereocenters. The van der Waals surface area contributed by atoms with Crippen molar-refractivity contribution in [2.45, 2.75) is 45.6 Å². The maximum Gasteiger partial charge on any atom is 0.167 e. The number of aliphatic hydroxyl groups is 2. The molecule has 1 aromatic carbocycles. The number of rotatable bonds is 13. The van der Waals surface area contributed by atoms with E-state index in [0.717, 1.165) is 43.2 Å². The smallest absolute Gasteiger partial charge is 0.167 e. The van der Waals surface area contributed by atoms with Crippen molar-refractivity contribution in [1.29, 1.82) is 0 Å². The minimum Gasteiger partial charge on any atom is -0.506 e. The lowest BCUT2D eigenvalue weighted by Crippen LogP contribution is -2.43. The van der Waals surface area contributed by atoms with E-state index in [-0.39, 0.29) is 60.8 Å². The van der Waals surface area contributed by atoms with Gasteiger partial charge in [0.05, 0.1) is 30.7 Å². The van der Waals surface area contributed by atoms with E-state index < -0.39 is 12.5 Å². The molecule has 1 fully saturated rings. The van der Waals surface area contributed by atoms with E-state index in [0.29, 0.717) is 36.3 Å². The number of piperazine rings is 1. The van der Waals surface area contributed by atoms with E-state index in [9.17, 15) is 29.7 Å². The van der Waals surface area contributed by atoms with Gasteiger partial charge in [0.1, 0.15) is 28.8 Å². The lowest BCUT2D eigenvalue weighted by atomic mass is 9.73. The molecule has 0 bridgehead atoms. The predicted molar refractivity (Wildman–Crippen MR) is 160 cm³/mol. The Morgan fingerprint density at radius 3 is 2.45 bits per heavy atom. The van der Waals surface area contributed by atoms with Gasteiger partial charge in [-0.15, -0.1) is 0 Å². The number of furan rings is 1. The zero-order valence-corrected chi connectivity index (χ0v) is 25.3. The summed E-state index contributed by atoms with van der Waals surface area (Å²) in [6.07, 6.45) is 1.13. The van der Waals surface area contributed by atoms with Gasteiger partial charge in [0.2, 0.25) is 0 Å². The molecule has 3 N–H and O–H groups in total. The van der Waals surface area contributed by atoms with Crippen LogP contribution in [0.1, 0.15) is 54.3 Å². The normalized spacial score (nSPS) is 19.4. The fourth-order valence-corrected chi connectivity index (χ4v) is 6.48. The van der Waals surface area contributed by atoms with Crippen molar-refractivity contribution in [2.24, 2.45) is 17.8 Å². The first-order chi connectivity index (χ1) is 20.0. The van der Waals surface area contributed by atoms with Crippen LogP contribution in [0.3, 0.4) is 0 Å². The molecule has 10 heteroatoms. The maximum absolute atomic E-state index is 13.6. The summed E-state index contributed by atoms with van der Waals surface area (Å²) in [7, 11) is 5.90. The molecule has 0 saturated carbocycles. The summed E-state index contributed by atoms with van der Waals surface area (Å²) < 4.78 is 6.18. The van der Waals surface area contributed by atoms with Gasteiger partial charge < -0.3 is 29.5 Å². The summed E-state index contributed by atoms with van der Waals surface area (Å²) in [6.45, 7) is 5.36. The van der Waals surface area contributed by atoms with Gasteiger partial charge in [0.15, 0.2) is 5.78 Å². The number of ketones is 3. The highest BCUT2D eigenvalue weighted by molar-refractivity contribution is 6.05. The van der Waals surface area contributed by atoms with E-state index >= 15 is 0 Å². The van der Waals surface area contributed by atoms with Crippen molar-refractivity contribution in [3.05, 3.63) is 35.1 Å². The lowest BCUT2D eigenvalue weighted by Gasteiger charge is -2.33. The zero-order chi connectivity index (χ0) is 30.6. The van der Waals surface area contributed by atoms with Crippen LogP contribution in [0.4, 0.5) is 5.69 Å². The van der Waals surface area contributed by atoms with E-state index in [1.165, 1.54) is 6.92 Å². The fraction of sp³-hybridized carbons (Fsp3) is 0.594. The Labute approximate surface area is 247 Å². The van der Waals surface area contributed by atoms with Crippen LogP contribution < -0.4 is 4.90 Å². The molecule has 3 unspecified atom stereocenters. The van der Waals surface area contributed by atoms with Gasteiger partial charge in [-0.05, 0) is 68.8 Å². The Morgan fingerprint density at radius 2 is 1.83 bits per heavy atom. The molecular formula is C32H45N3O7. The Balaban J connectivity index is 1.59. The number of carbonyl (C=O) groups is 3. The molecule has 1 saturated heterocycles. The van der Waals surface area contributed by atoms with Gasteiger partial charge in [-0.25, -0.2) is 0 Å². The van der Waals surface area contributed by atoms with Crippen LogP contribution in [-0.4, -0.2) is 103 Å². The van der Waals surface area contributed by atoms with Crippen LogP contribution in [0.25, 0.3) is 11.3 Å². The molecule has 2 aromatic rings. The van der Waals surface area contributed by atoms with Crippen molar-refractivity contribution < 1.29 is 34.1 Å². The number of aliphatic hydroxyl groups excluding tert-OH is 2. The molecule has 0 radical (unpaired) electrons. The van der Waals surface area contributed by atoms with Crippen molar-refractivity contribution >= 4 is 23.0 Å². The highest BCUT2D eigenvalue weighted by Crippen LogP contribution is 2.45. The third-order valence-electron chi connectivity index (χ3n) is 8.75. The largest absolute Gasteiger partial charge is 0.506 e. The first-order valence-electron chi connectivity index (χ1n) is 14.9. The second-order valence-corrected chi connectivity index (χ2v) is 12.2. The minimum absolute atomic E-state index is 0.0867. The molecular weight excluding hydrogens is 538 g/mol. The van der Waals surface area contributed by atoms with Crippen molar-refractivity contribution in [1.82, 2.24) is 9.80 Å². The van der Waals surface area contributed by atoms with E-state index in [4.69, 9.17) is 4.42 Å². The number of anilines is 1. The van der Waals surface area contributed by atoms with Gasteiger partial charge in [-0.2, -0.15) is 0 Å². The fourth-order valence-electron chi connectivity index (χ4n) is 6.48. The minimum atomic E-state index is -0.777. The van der Waals surface area contributed by atoms with Crippen LogP contribution in [0, 0.1) is 17.8 Å². The summed E-state index contributed by atoms with van der Waals surface area (Å²) in [4.78, 5) is 44.4. The van der Waals surface area contributed by atoms with Crippen LogP contribution in [0.2, 0.25) is 0 Å². The molecule has 0 amide bonds. The first-order valence-corrected chi connectivity index (χ1v) is 14.9. The number of likely N-dealkylation sites (N-methyl/N-ethyl adjacent to an activating group) is 1. The standard InChI is InChI=1S/C32H45N3O7/c1-20(38)13-28(39)26(19-37)22(7-12-36)14-21-15-24-27(33(2)3)17-25(32(41)31(24)29(40)16-21)30-6-5-23(42-30)18-35-10-8-34(4)9-11-35/h5-6,17,21-22,26,36-37,41H,7-16,18-19H2,1-4H3. The van der Waals surface area contributed by atoms with Gasteiger partial charge in [0, 0.05) is 64.9 Å². The number of carbonyl (C=O) groups excluding carboxylic acids is 3. The number of phenols is 1. The predicted octanol–water partition coefficient (Wildman–Crippen LogP) is 2.76.